The van der Waals surface area contributed by atoms with E-state index in [1.165, 1.54) is 0 Å². The van der Waals surface area contributed by atoms with Crippen LogP contribution in [0, 0.1) is 22.8 Å². The van der Waals surface area contributed by atoms with Gasteiger partial charge in [-0.2, -0.15) is 10.5 Å². The molecule has 2 heterocycles. The highest BCUT2D eigenvalue weighted by Crippen LogP contribution is 2.38. The minimum Gasteiger partial charge on any atom is -0.483 e. The molecule has 0 unspecified atom stereocenters. The average Bonchev–Trinajstić information content (AvgIpc) is 2.54. The molecular weight excluding hydrogens is 290 g/mol. The number of nitrogens with one attached hydrogen (secondary N) is 1. The Labute approximate surface area is 135 Å². The van der Waals surface area contributed by atoms with Crippen LogP contribution < -0.4 is 10.1 Å². The molecule has 1 N–H and O–H groups in total. The van der Waals surface area contributed by atoms with E-state index < -0.39 is 5.60 Å². The molecule has 2 aliphatic rings. The lowest BCUT2D eigenvalue weighted by atomic mass is 9.96. The van der Waals surface area contributed by atoms with E-state index in [4.69, 9.17) is 10.00 Å². The van der Waals surface area contributed by atoms with Crippen molar-refractivity contribution in [2.75, 3.05) is 13.1 Å². The molecule has 1 aromatic rings. The molecule has 116 valence electrons. The molecule has 6 heteroatoms. The van der Waals surface area contributed by atoms with Crippen molar-refractivity contribution in [2.24, 2.45) is 4.99 Å². The van der Waals surface area contributed by atoms with Gasteiger partial charge in [0.15, 0.2) is 0 Å². The van der Waals surface area contributed by atoms with E-state index in [0.29, 0.717) is 11.5 Å². The first-order valence-corrected chi connectivity index (χ1v) is 7.49. The van der Waals surface area contributed by atoms with Crippen molar-refractivity contribution in [1.82, 2.24) is 10.2 Å². The highest BCUT2D eigenvalue weighted by Gasteiger charge is 2.32. The van der Waals surface area contributed by atoms with E-state index in [1.807, 2.05) is 43.1 Å². The van der Waals surface area contributed by atoms with Crippen LogP contribution in [0.2, 0.25) is 0 Å². The molecule has 0 spiro atoms. The molecule has 0 bridgehead atoms. The largest absolute Gasteiger partial charge is 0.483 e. The van der Waals surface area contributed by atoms with Gasteiger partial charge in [-0.25, -0.2) is 0 Å². The third-order valence-corrected chi connectivity index (χ3v) is 3.79. The number of nitriles is 2. The van der Waals surface area contributed by atoms with Crippen molar-refractivity contribution in [3.8, 4) is 18.0 Å². The Kier molecular flexibility index (Phi) is 3.67. The Balaban J connectivity index is 2.13. The van der Waals surface area contributed by atoms with Gasteiger partial charge in [0.05, 0.1) is 17.3 Å². The monoisotopic (exact) mass is 307 g/mol. The van der Waals surface area contributed by atoms with E-state index in [2.05, 4.69) is 16.4 Å². The molecule has 0 atom stereocenters. The third kappa shape index (κ3) is 2.84. The lowest BCUT2D eigenvalue weighted by Crippen LogP contribution is -2.47. The van der Waals surface area contributed by atoms with Crippen molar-refractivity contribution in [2.45, 2.75) is 25.9 Å². The Hall–Kier alpha value is -2.99. The smallest absolute Gasteiger partial charge is 0.214 e. The predicted octanol–water partition coefficient (Wildman–Crippen LogP) is 2.20. The molecule has 0 radical (unpaired) electrons. The van der Waals surface area contributed by atoms with Crippen LogP contribution in [0.15, 0.2) is 29.3 Å². The molecule has 0 aromatic heterocycles. The number of ether oxygens (including phenoxy) is 1. The number of guanidine groups is 1. The van der Waals surface area contributed by atoms with Crippen molar-refractivity contribution in [3.63, 3.8) is 0 Å². The van der Waals surface area contributed by atoms with Gasteiger partial charge >= 0.3 is 0 Å². The van der Waals surface area contributed by atoms with Gasteiger partial charge in [0.25, 0.3) is 0 Å². The van der Waals surface area contributed by atoms with Gasteiger partial charge in [-0.3, -0.25) is 0 Å². The summed E-state index contributed by atoms with van der Waals surface area (Å²) in [6, 6.07) is 7.54. The van der Waals surface area contributed by atoms with Gasteiger partial charge in [0.2, 0.25) is 12.2 Å². The van der Waals surface area contributed by atoms with Crippen LogP contribution >= 0.6 is 0 Å². The molecule has 0 saturated carbocycles. The summed E-state index contributed by atoms with van der Waals surface area (Å²) in [6.45, 7) is 5.50. The molecule has 3 rings (SSSR count). The summed E-state index contributed by atoms with van der Waals surface area (Å²) in [6.07, 6.45) is 4.80. The van der Waals surface area contributed by atoms with Crippen molar-refractivity contribution < 1.29 is 4.74 Å². The van der Waals surface area contributed by atoms with E-state index in [-0.39, 0.29) is 0 Å². The van der Waals surface area contributed by atoms with E-state index in [1.54, 1.807) is 6.07 Å². The summed E-state index contributed by atoms with van der Waals surface area (Å²) in [5.74, 6) is 1.27. The van der Waals surface area contributed by atoms with Gasteiger partial charge in [0.1, 0.15) is 11.4 Å². The summed E-state index contributed by atoms with van der Waals surface area (Å²) in [7, 11) is 0. The first-order chi connectivity index (χ1) is 11.0. The minimum atomic E-state index is -0.480. The van der Waals surface area contributed by atoms with Crippen molar-refractivity contribution >= 4 is 11.7 Å². The Morgan fingerprint density at radius 1 is 1.35 bits per heavy atom. The second-order valence-electron chi connectivity index (χ2n) is 6.03. The predicted molar refractivity (Wildman–Crippen MR) is 86.2 cm³/mol. The van der Waals surface area contributed by atoms with Crippen LogP contribution in [-0.2, 0) is 0 Å². The summed E-state index contributed by atoms with van der Waals surface area (Å²) in [5.41, 5.74) is 1.85. The Morgan fingerprint density at radius 3 is 2.91 bits per heavy atom. The van der Waals surface area contributed by atoms with E-state index >= 15 is 0 Å². The zero-order chi connectivity index (χ0) is 16.4. The number of fused-ring (bicyclic) bond motifs is 1. The molecule has 0 amide bonds. The quantitative estimate of drug-likeness (QED) is 0.804. The zero-order valence-corrected chi connectivity index (χ0v) is 13.1. The van der Waals surface area contributed by atoms with Gasteiger partial charge in [-0.1, -0.05) is 0 Å². The molecule has 2 aliphatic heterocycles. The fourth-order valence-corrected chi connectivity index (χ4v) is 2.85. The van der Waals surface area contributed by atoms with Crippen LogP contribution in [0.3, 0.4) is 0 Å². The van der Waals surface area contributed by atoms with Crippen LogP contribution in [0.25, 0.3) is 5.70 Å². The maximum atomic E-state index is 9.17. The highest BCUT2D eigenvalue weighted by molar-refractivity contribution is 5.92. The fraction of sp³-hybridized carbons (Fsp3) is 0.353. The molecule has 1 saturated heterocycles. The summed E-state index contributed by atoms with van der Waals surface area (Å²) in [4.78, 5) is 5.88. The van der Waals surface area contributed by atoms with Crippen LogP contribution in [0.1, 0.15) is 31.4 Å². The SMILES string of the molecule is CC1(C)C=C(N2CCCNC2=NC#N)c2cc(C#N)ccc2O1. The summed E-state index contributed by atoms with van der Waals surface area (Å²) in [5, 5.41) is 21.3. The zero-order valence-electron chi connectivity index (χ0n) is 13.1. The second kappa shape index (κ2) is 5.66. The minimum absolute atomic E-state index is 0.480. The lowest BCUT2D eigenvalue weighted by molar-refractivity contribution is 0.156. The van der Waals surface area contributed by atoms with Crippen LogP contribution in [0.4, 0.5) is 0 Å². The topological polar surface area (TPSA) is 84.4 Å². The van der Waals surface area contributed by atoms with Gasteiger partial charge in [-0.15, -0.1) is 4.99 Å². The first kappa shape index (κ1) is 14.9. The van der Waals surface area contributed by atoms with Crippen LogP contribution in [-0.4, -0.2) is 29.6 Å². The normalized spacial score (nSPS) is 20.4. The Morgan fingerprint density at radius 2 is 2.17 bits per heavy atom. The number of rotatable bonds is 1. The van der Waals surface area contributed by atoms with E-state index in [9.17, 15) is 5.26 Å². The third-order valence-electron chi connectivity index (χ3n) is 3.79. The van der Waals surface area contributed by atoms with Gasteiger partial charge < -0.3 is 15.0 Å². The number of hydrogen-bond donors (Lipinski definition) is 1. The molecule has 6 nitrogen and oxygen atoms in total. The molecule has 0 aliphatic carbocycles. The number of benzene rings is 1. The van der Waals surface area contributed by atoms with Crippen LogP contribution in [0.5, 0.6) is 5.75 Å². The number of hydrogen-bond acceptors (Lipinski definition) is 4. The molecule has 1 aromatic carbocycles. The van der Waals surface area contributed by atoms with Crippen molar-refractivity contribution in [3.05, 3.63) is 35.4 Å². The second-order valence-corrected chi connectivity index (χ2v) is 6.03. The maximum absolute atomic E-state index is 9.17. The molecular formula is C17H17N5O. The Bertz CT molecular complexity index is 779. The van der Waals surface area contributed by atoms with E-state index in [0.717, 1.165) is 36.5 Å². The number of aliphatic imine (C=N–C) groups is 1. The fourth-order valence-electron chi connectivity index (χ4n) is 2.85. The molecule has 23 heavy (non-hydrogen) atoms. The summed E-state index contributed by atoms with van der Waals surface area (Å²) >= 11 is 0. The lowest BCUT2D eigenvalue weighted by Gasteiger charge is -2.38. The average molecular weight is 307 g/mol. The first-order valence-electron chi connectivity index (χ1n) is 7.49. The molecule has 1 fully saturated rings. The highest BCUT2D eigenvalue weighted by atomic mass is 16.5. The standard InChI is InChI=1S/C17H17N5O/c1-17(2)9-14(22-7-3-6-20-16(22)21-11-19)13-8-12(10-18)4-5-15(13)23-17/h4-5,8-9H,3,6-7H2,1-2H3,(H,20,21). The maximum Gasteiger partial charge on any atom is 0.214 e. The summed E-state index contributed by atoms with van der Waals surface area (Å²) < 4.78 is 6.00. The van der Waals surface area contributed by atoms with Crippen molar-refractivity contribution in [1.29, 1.82) is 10.5 Å². The van der Waals surface area contributed by atoms with Gasteiger partial charge in [0, 0.05) is 18.7 Å². The van der Waals surface area contributed by atoms with Gasteiger partial charge in [-0.05, 0) is 44.5 Å². The number of nitrogens with zero attached hydrogens (tertiary/aromatic N) is 4.